The summed E-state index contributed by atoms with van der Waals surface area (Å²) in [7, 11) is 1.74. The summed E-state index contributed by atoms with van der Waals surface area (Å²) in [5, 5.41) is 12.7. The summed E-state index contributed by atoms with van der Waals surface area (Å²) in [6.45, 7) is 2.00. The quantitative estimate of drug-likeness (QED) is 0.328. The number of nitroso groups, excluding NO2 is 1. The number of carbonyl (C=O) groups excluding carboxylic acids is 1. The number of hydrogen-bond donors (Lipinski definition) is 0. The molecule has 4 heterocycles. The summed E-state index contributed by atoms with van der Waals surface area (Å²) in [6, 6.07) is 5.62. The van der Waals surface area contributed by atoms with E-state index in [0.717, 1.165) is 18.3 Å². The monoisotopic (exact) mass is 588 g/mol. The van der Waals surface area contributed by atoms with E-state index in [1.54, 1.807) is 44.9 Å². The molecule has 0 unspecified atom stereocenters. The Hall–Kier alpha value is -3.14. The predicted molar refractivity (Wildman–Crippen MR) is 137 cm³/mol. The number of aromatic nitrogens is 8. The molecule has 0 amide bonds. The van der Waals surface area contributed by atoms with Gasteiger partial charge in [-0.3, -0.25) is 4.79 Å². The first-order valence-corrected chi connectivity index (χ1v) is 12.3. The molecule has 2 bridgehead atoms. The van der Waals surface area contributed by atoms with Crippen LogP contribution in [0.3, 0.4) is 0 Å². The van der Waals surface area contributed by atoms with Crippen molar-refractivity contribution in [1.29, 1.82) is 0 Å². The van der Waals surface area contributed by atoms with Crippen molar-refractivity contribution >= 4 is 12.9 Å². The van der Waals surface area contributed by atoms with E-state index in [9.17, 15) is 4.79 Å². The standard InChI is InChI=1S/C11H18O.C9H9BN6.C4H6N2.Mo.NO/c1-2-11(12)10-7-8-3-5-9(10)6-4-8;1-4-11-14(7-1)10(15-8-2-5-12-15)16-9-3-6-13-16;1-6-3-2-5-4-6;;1-2/h8-10H,2-7H2,1H3;1-9H;2-4H,1H3;;/q;-1;;+2;-1/t8?,9?,10-;;;;/m0..../s1. The summed E-state index contributed by atoms with van der Waals surface area (Å²) in [5.74, 6) is 2.66. The SMILES string of the molecule is CCC(=O)[C@H]1CC2CCC1CC2.Cn1ccnc1.[Mo+2].[N-]=O.c1cnn([B-](n2cccn2)n2cccn2)c1. The van der Waals surface area contributed by atoms with E-state index in [0.29, 0.717) is 11.7 Å². The molecule has 3 saturated carbocycles. The van der Waals surface area contributed by atoms with Crippen LogP contribution in [0.5, 0.6) is 0 Å². The molecule has 195 valence electrons. The number of hydrogen-bond acceptors (Lipinski definition) is 6. The fourth-order valence-electron chi connectivity index (χ4n) is 4.98. The minimum atomic E-state index is -0.194. The molecule has 0 aliphatic heterocycles. The van der Waals surface area contributed by atoms with Gasteiger partial charge in [0.15, 0.2) is 0 Å². The number of aryl methyl sites for hydroxylation is 1. The van der Waals surface area contributed by atoms with Crippen LogP contribution in [0.4, 0.5) is 0 Å². The van der Waals surface area contributed by atoms with E-state index >= 15 is 0 Å². The van der Waals surface area contributed by atoms with Gasteiger partial charge in [0, 0.05) is 50.4 Å². The Labute approximate surface area is 231 Å². The van der Waals surface area contributed by atoms with Gasteiger partial charge in [-0.1, -0.05) is 19.8 Å². The molecule has 3 fully saturated rings. The van der Waals surface area contributed by atoms with Gasteiger partial charge in [0.25, 0.3) is 7.12 Å². The summed E-state index contributed by atoms with van der Waals surface area (Å²) >= 11 is 0. The van der Waals surface area contributed by atoms with Gasteiger partial charge >= 0.3 is 21.1 Å². The molecule has 1 atom stereocenters. The first-order valence-electron chi connectivity index (χ1n) is 12.3. The molecule has 4 aromatic rings. The molecule has 13 heteroatoms. The minimum absolute atomic E-state index is 0. The zero-order valence-electron chi connectivity index (χ0n) is 21.2. The van der Waals surface area contributed by atoms with Crippen molar-refractivity contribution in [3.05, 3.63) is 84.6 Å². The van der Waals surface area contributed by atoms with Gasteiger partial charge in [0.05, 0.1) is 6.33 Å². The van der Waals surface area contributed by atoms with Crippen LogP contribution in [-0.2, 0) is 32.9 Å². The number of Topliss-reactive ketones (excluding diaryl/α,β-unsaturated/α-hetero) is 1. The Kier molecular flexibility index (Phi) is 12.9. The zero-order valence-corrected chi connectivity index (χ0v) is 23.2. The molecule has 7 rings (SSSR count). The van der Waals surface area contributed by atoms with E-state index in [2.05, 4.69) is 20.3 Å². The van der Waals surface area contributed by atoms with Gasteiger partial charge in [-0.2, -0.15) is 0 Å². The van der Waals surface area contributed by atoms with Crippen LogP contribution in [0.15, 0.2) is 74.1 Å². The number of ketones is 1. The van der Waals surface area contributed by atoms with Crippen molar-refractivity contribution < 1.29 is 25.9 Å². The fraction of sp³-hybridized carbons (Fsp3) is 0.458. The Morgan fingerprint density at radius 2 is 1.38 bits per heavy atom. The summed E-state index contributed by atoms with van der Waals surface area (Å²) in [6.07, 6.45) is 23.7. The summed E-state index contributed by atoms with van der Waals surface area (Å²) in [4.78, 5) is 22.6. The van der Waals surface area contributed by atoms with Crippen molar-refractivity contribution in [2.24, 2.45) is 24.8 Å². The van der Waals surface area contributed by atoms with Crippen molar-refractivity contribution in [3.8, 4) is 0 Å². The maximum Gasteiger partial charge on any atom is 2.00 e. The van der Waals surface area contributed by atoms with Gasteiger partial charge in [0.1, 0.15) is 5.78 Å². The average Bonchev–Trinajstić information content (AvgIpc) is 3.76. The van der Waals surface area contributed by atoms with Gasteiger partial charge in [-0.15, -0.1) is 0 Å². The second-order valence-corrected chi connectivity index (χ2v) is 8.98. The van der Waals surface area contributed by atoms with E-state index in [1.807, 2.05) is 61.5 Å². The smallest absolute Gasteiger partial charge is 0.577 e. The Bertz CT molecular complexity index is 1020. The molecular formula is C24H33BMoN9O2. The molecule has 3 aliphatic rings. The number of fused-ring (bicyclic) bond motifs is 3. The molecular weight excluding hydrogens is 553 g/mol. The maximum absolute atomic E-state index is 11.6. The molecule has 37 heavy (non-hydrogen) atoms. The van der Waals surface area contributed by atoms with E-state index in [-0.39, 0.29) is 28.2 Å². The Balaban J connectivity index is 0.000000203. The van der Waals surface area contributed by atoms with Crippen LogP contribution in [0.2, 0.25) is 0 Å². The second-order valence-electron chi connectivity index (χ2n) is 8.98. The van der Waals surface area contributed by atoms with Crippen LogP contribution in [-0.4, -0.2) is 51.5 Å². The molecule has 4 aromatic heterocycles. The van der Waals surface area contributed by atoms with E-state index in [4.69, 9.17) is 10.5 Å². The summed E-state index contributed by atoms with van der Waals surface area (Å²) < 4.78 is 7.26. The summed E-state index contributed by atoms with van der Waals surface area (Å²) in [5.41, 5.74) is 5.75. The van der Waals surface area contributed by atoms with Crippen LogP contribution >= 0.6 is 0 Å². The first kappa shape index (κ1) is 30.1. The van der Waals surface area contributed by atoms with E-state index in [1.165, 1.54) is 32.1 Å². The molecule has 11 nitrogen and oxygen atoms in total. The number of rotatable bonds is 5. The fourth-order valence-corrected chi connectivity index (χ4v) is 4.98. The molecule has 3 aliphatic carbocycles. The molecule has 0 N–H and O–H groups in total. The largest absolute Gasteiger partial charge is 2.00 e. The van der Waals surface area contributed by atoms with Crippen LogP contribution < -0.4 is 0 Å². The molecule has 0 aromatic carbocycles. The van der Waals surface area contributed by atoms with Crippen molar-refractivity contribution in [2.45, 2.75) is 45.4 Å². The number of carbonyl (C=O) groups is 1. The molecule has 1 radical (unpaired) electrons. The number of imidazole rings is 1. The third-order valence-electron chi connectivity index (χ3n) is 6.73. The third-order valence-corrected chi connectivity index (χ3v) is 6.73. The van der Waals surface area contributed by atoms with Crippen molar-refractivity contribution in [3.63, 3.8) is 0 Å². The van der Waals surface area contributed by atoms with Gasteiger partial charge < -0.3 is 28.8 Å². The van der Waals surface area contributed by atoms with Crippen molar-refractivity contribution in [2.75, 3.05) is 0 Å². The van der Waals surface area contributed by atoms with Crippen molar-refractivity contribution in [1.82, 2.24) is 38.6 Å². The predicted octanol–water partition coefficient (Wildman–Crippen LogP) is 3.74. The topological polar surface area (TPSA) is 128 Å². The zero-order chi connectivity index (χ0) is 25.8. The molecule has 0 saturated heterocycles. The Morgan fingerprint density at radius 3 is 1.65 bits per heavy atom. The first-order chi connectivity index (χ1) is 17.7. The molecule has 0 spiro atoms. The van der Waals surface area contributed by atoms with Gasteiger partial charge in [-0.05, 0) is 67.9 Å². The third kappa shape index (κ3) is 8.45. The second kappa shape index (κ2) is 15.9. The van der Waals surface area contributed by atoms with E-state index < -0.39 is 0 Å². The Morgan fingerprint density at radius 1 is 0.865 bits per heavy atom. The maximum atomic E-state index is 11.6. The van der Waals surface area contributed by atoms with Crippen LogP contribution in [0.1, 0.15) is 45.4 Å². The van der Waals surface area contributed by atoms with Crippen LogP contribution in [0.25, 0.3) is 5.59 Å². The number of nitrogens with zero attached hydrogens (tertiary/aromatic N) is 9. The van der Waals surface area contributed by atoms with Gasteiger partial charge in [0.2, 0.25) is 0 Å². The minimum Gasteiger partial charge on any atom is -0.577 e. The normalized spacial score (nSPS) is 19.3. The van der Waals surface area contributed by atoms with Crippen LogP contribution in [0, 0.1) is 22.7 Å². The van der Waals surface area contributed by atoms with Gasteiger partial charge in [-0.25, -0.2) is 20.3 Å². The average molecular weight is 586 g/mol.